The van der Waals surface area contributed by atoms with Crippen molar-refractivity contribution in [3.63, 3.8) is 0 Å². The minimum absolute atomic E-state index is 0.139. The highest BCUT2D eigenvalue weighted by Gasteiger charge is 2.30. The van der Waals surface area contributed by atoms with E-state index in [0.29, 0.717) is 25.1 Å². The van der Waals surface area contributed by atoms with Crippen LogP contribution in [0.5, 0.6) is 0 Å². The molecule has 0 saturated carbocycles. The summed E-state index contributed by atoms with van der Waals surface area (Å²) >= 11 is 0. The van der Waals surface area contributed by atoms with Crippen molar-refractivity contribution in [3.8, 4) is 0 Å². The first-order valence-electron chi connectivity index (χ1n) is 9.63. The number of nitrogens with one attached hydrogen (secondary N) is 1. The fraction of sp³-hybridized carbons (Fsp3) is 0.364. The summed E-state index contributed by atoms with van der Waals surface area (Å²) in [4.78, 5) is 15.0. The Labute approximate surface area is 164 Å². The lowest BCUT2D eigenvalue weighted by Gasteiger charge is -2.36. The fourth-order valence-corrected chi connectivity index (χ4v) is 3.93. The van der Waals surface area contributed by atoms with Crippen molar-refractivity contribution >= 4 is 16.7 Å². The Morgan fingerprint density at radius 3 is 2.79 bits per heavy atom. The van der Waals surface area contributed by atoms with Gasteiger partial charge in [0.25, 0.3) is 5.91 Å². The van der Waals surface area contributed by atoms with Crippen molar-refractivity contribution in [1.82, 2.24) is 15.4 Å². The van der Waals surface area contributed by atoms with Gasteiger partial charge in [0.1, 0.15) is 5.76 Å². The molecule has 1 amide bonds. The average Bonchev–Trinajstić information content (AvgIpc) is 3.01. The maximum absolute atomic E-state index is 12.8. The molecular formula is C22H25N3O3. The molecule has 1 saturated heterocycles. The van der Waals surface area contributed by atoms with Crippen molar-refractivity contribution in [2.24, 2.45) is 0 Å². The van der Waals surface area contributed by atoms with E-state index in [1.54, 1.807) is 0 Å². The van der Waals surface area contributed by atoms with E-state index in [4.69, 9.17) is 4.52 Å². The maximum atomic E-state index is 12.8. The smallest absolute Gasteiger partial charge is 0.252 e. The van der Waals surface area contributed by atoms with Crippen LogP contribution < -0.4 is 5.32 Å². The van der Waals surface area contributed by atoms with E-state index in [0.717, 1.165) is 34.3 Å². The topological polar surface area (TPSA) is 78.6 Å². The SMILES string of the molecule is Cc1noc(C)c1CN1CCC(NC(=O)c2cccc3ccccc23)C(O)C1. The molecule has 3 aromatic rings. The number of aliphatic hydroxyl groups is 1. The molecular weight excluding hydrogens is 354 g/mol. The molecule has 0 bridgehead atoms. The van der Waals surface area contributed by atoms with Gasteiger partial charge >= 0.3 is 0 Å². The standard InChI is InChI=1S/C22H25N3O3/c1-14-19(15(2)28-24-14)12-25-11-10-20(21(26)13-25)23-22(27)18-9-5-7-16-6-3-4-8-17(16)18/h3-9,20-21,26H,10-13H2,1-2H3,(H,23,27). The summed E-state index contributed by atoms with van der Waals surface area (Å²) in [7, 11) is 0. The van der Waals surface area contributed by atoms with Crippen molar-refractivity contribution < 1.29 is 14.4 Å². The molecule has 2 unspecified atom stereocenters. The minimum atomic E-state index is -0.617. The number of rotatable bonds is 4. The first-order chi connectivity index (χ1) is 13.5. The molecule has 2 aromatic carbocycles. The minimum Gasteiger partial charge on any atom is -0.390 e. The average molecular weight is 379 g/mol. The van der Waals surface area contributed by atoms with Gasteiger partial charge in [-0.25, -0.2) is 0 Å². The molecule has 2 atom stereocenters. The zero-order valence-corrected chi connectivity index (χ0v) is 16.2. The summed E-state index contributed by atoms with van der Waals surface area (Å²) in [5.74, 6) is 0.679. The summed E-state index contributed by atoms with van der Waals surface area (Å²) in [6.45, 7) is 5.83. The van der Waals surface area contributed by atoms with Crippen LogP contribution in [0.2, 0.25) is 0 Å². The summed E-state index contributed by atoms with van der Waals surface area (Å²) < 4.78 is 5.23. The molecule has 1 aliphatic heterocycles. The van der Waals surface area contributed by atoms with Gasteiger partial charge in [0, 0.05) is 30.8 Å². The highest BCUT2D eigenvalue weighted by Crippen LogP contribution is 2.21. The van der Waals surface area contributed by atoms with Gasteiger partial charge in [0.15, 0.2) is 0 Å². The highest BCUT2D eigenvalue weighted by atomic mass is 16.5. The van der Waals surface area contributed by atoms with E-state index < -0.39 is 6.10 Å². The van der Waals surface area contributed by atoms with Gasteiger partial charge in [0.05, 0.1) is 17.8 Å². The van der Waals surface area contributed by atoms with Crippen LogP contribution in [0.4, 0.5) is 0 Å². The van der Waals surface area contributed by atoms with Crippen molar-refractivity contribution in [2.75, 3.05) is 13.1 Å². The number of aryl methyl sites for hydroxylation is 2. The first kappa shape index (κ1) is 18.7. The number of fused-ring (bicyclic) bond motifs is 1. The quantitative estimate of drug-likeness (QED) is 0.729. The Morgan fingerprint density at radius 2 is 2.04 bits per heavy atom. The van der Waals surface area contributed by atoms with Gasteiger partial charge in [-0.3, -0.25) is 9.69 Å². The number of piperidine rings is 1. The van der Waals surface area contributed by atoms with Crippen LogP contribution in [0.25, 0.3) is 10.8 Å². The van der Waals surface area contributed by atoms with E-state index in [1.165, 1.54) is 0 Å². The maximum Gasteiger partial charge on any atom is 0.252 e. The first-order valence-corrected chi connectivity index (χ1v) is 9.63. The molecule has 6 nitrogen and oxygen atoms in total. The molecule has 1 fully saturated rings. The normalized spacial score (nSPS) is 20.4. The van der Waals surface area contributed by atoms with Crippen LogP contribution in [0, 0.1) is 13.8 Å². The lowest BCUT2D eigenvalue weighted by Crippen LogP contribution is -2.53. The van der Waals surface area contributed by atoms with E-state index in [-0.39, 0.29) is 11.9 Å². The number of aromatic nitrogens is 1. The number of hydrogen-bond acceptors (Lipinski definition) is 5. The van der Waals surface area contributed by atoms with Crippen molar-refractivity contribution in [3.05, 3.63) is 65.0 Å². The van der Waals surface area contributed by atoms with Gasteiger partial charge in [0.2, 0.25) is 0 Å². The van der Waals surface area contributed by atoms with Crippen LogP contribution in [-0.2, 0) is 6.54 Å². The fourth-order valence-electron chi connectivity index (χ4n) is 3.93. The third-order valence-corrected chi connectivity index (χ3v) is 5.58. The number of nitrogens with zero attached hydrogens (tertiary/aromatic N) is 2. The van der Waals surface area contributed by atoms with E-state index >= 15 is 0 Å². The van der Waals surface area contributed by atoms with E-state index in [1.807, 2.05) is 56.3 Å². The second kappa shape index (κ2) is 7.73. The predicted octanol–water partition coefficient (Wildman–Crippen LogP) is 2.81. The number of hydrogen-bond donors (Lipinski definition) is 2. The number of aliphatic hydroxyl groups excluding tert-OH is 1. The van der Waals surface area contributed by atoms with E-state index in [2.05, 4.69) is 15.4 Å². The molecule has 2 N–H and O–H groups in total. The van der Waals surface area contributed by atoms with Gasteiger partial charge in [-0.2, -0.15) is 0 Å². The Kier molecular flexibility index (Phi) is 5.15. The third-order valence-electron chi connectivity index (χ3n) is 5.58. The lowest BCUT2D eigenvalue weighted by molar-refractivity contribution is 0.0348. The Hall–Kier alpha value is -2.70. The highest BCUT2D eigenvalue weighted by molar-refractivity contribution is 6.07. The number of carbonyl (C=O) groups is 1. The monoisotopic (exact) mass is 379 g/mol. The molecule has 0 spiro atoms. The summed E-state index contributed by atoms with van der Waals surface area (Å²) in [5.41, 5.74) is 2.60. The van der Waals surface area contributed by atoms with E-state index in [9.17, 15) is 9.90 Å². The second-order valence-corrected chi connectivity index (χ2v) is 7.50. The zero-order valence-electron chi connectivity index (χ0n) is 16.2. The van der Waals surface area contributed by atoms with Gasteiger partial charge in [-0.1, -0.05) is 41.6 Å². The molecule has 1 aliphatic rings. The van der Waals surface area contributed by atoms with Crippen LogP contribution in [0.1, 0.15) is 33.8 Å². The molecule has 6 heteroatoms. The number of amides is 1. The lowest BCUT2D eigenvalue weighted by atomic mass is 9.99. The molecule has 0 radical (unpaired) electrons. The van der Waals surface area contributed by atoms with Gasteiger partial charge in [-0.15, -0.1) is 0 Å². The summed E-state index contributed by atoms with van der Waals surface area (Å²) in [6, 6.07) is 13.3. The Bertz CT molecular complexity index is 973. The number of carbonyl (C=O) groups excluding carboxylic acids is 1. The van der Waals surface area contributed by atoms with Crippen molar-refractivity contribution in [2.45, 2.75) is 39.0 Å². The largest absolute Gasteiger partial charge is 0.390 e. The van der Waals surface area contributed by atoms with Crippen LogP contribution >= 0.6 is 0 Å². The second-order valence-electron chi connectivity index (χ2n) is 7.50. The van der Waals surface area contributed by atoms with Crippen LogP contribution in [0.3, 0.4) is 0 Å². The Balaban J connectivity index is 1.42. The van der Waals surface area contributed by atoms with Gasteiger partial charge in [-0.05, 0) is 37.1 Å². The Morgan fingerprint density at radius 1 is 1.25 bits per heavy atom. The molecule has 0 aliphatic carbocycles. The molecule has 2 heterocycles. The third kappa shape index (κ3) is 3.66. The molecule has 146 valence electrons. The number of β-amino-alcohol motifs (C(OH)–C–C–N with tert-alkyl or cyclic N) is 1. The molecule has 28 heavy (non-hydrogen) atoms. The van der Waals surface area contributed by atoms with Crippen LogP contribution in [-0.4, -0.2) is 46.3 Å². The summed E-state index contributed by atoms with van der Waals surface area (Å²) in [5, 5.41) is 19.6. The number of benzene rings is 2. The summed E-state index contributed by atoms with van der Waals surface area (Å²) in [6.07, 6.45) is 0.0780. The van der Waals surface area contributed by atoms with Crippen LogP contribution in [0.15, 0.2) is 47.0 Å². The zero-order chi connectivity index (χ0) is 19.7. The predicted molar refractivity (Wildman–Crippen MR) is 107 cm³/mol. The molecule has 4 rings (SSSR count). The molecule has 1 aromatic heterocycles. The number of likely N-dealkylation sites (tertiary alicyclic amines) is 1. The van der Waals surface area contributed by atoms with Crippen molar-refractivity contribution in [1.29, 1.82) is 0 Å². The van der Waals surface area contributed by atoms with Gasteiger partial charge < -0.3 is 14.9 Å².